The highest BCUT2D eigenvalue weighted by molar-refractivity contribution is 7.97. The number of hydrogen-bond acceptors (Lipinski definition) is 5. The minimum atomic E-state index is -0.714. The van der Waals surface area contributed by atoms with Crippen molar-refractivity contribution in [1.82, 2.24) is 4.31 Å². The molecular weight excluding hydrogens is 436 g/mol. The van der Waals surface area contributed by atoms with Gasteiger partial charge in [0.1, 0.15) is 35.5 Å². The summed E-state index contributed by atoms with van der Waals surface area (Å²) < 4.78 is 44.6. The number of carbonyl (C=O) groups excluding carboxylic acids is 1. The SMILES string of the molecule is CC(C)OC(=O)N(CCOc1ccc(Oc2cc(F)cc(F)c2)cc1)Sc1ccccc1. The van der Waals surface area contributed by atoms with Gasteiger partial charge in [0.15, 0.2) is 0 Å². The molecular formula is C24H23F2NO4S. The molecule has 3 aromatic carbocycles. The zero-order chi connectivity index (χ0) is 22.9. The number of hydrogen-bond donors (Lipinski definition) is 0. The highest BCUT2D eigenvalue weighted by atomic mass is 32.2. The zero-order valence-corrected chi connectivity index (χ0v) is 18.5. The number of rotatable bonds is 9. The minimum Gasteiger partial charge on any atom is -0.492 e. The van der Waals surface area contributed by atoms with Gasteiger partial charge in [-0.3, -0.25) is 0 Å². The summed E-state index contributed by atoms with van der Waals surface area (Å²) in [5.74, 6) is -0.398. The smallest absolute Gasteiger partial charge is 0.420 e. The highest BCUT2D eigenvalue weighted by Crippen LogP contribution is 2.26. The van der Waals surface area contributed by atoms with Crippen LogP contribution in [0.2, 0.25) is 0 Å². The van der Waals surface area contributed by atoms with Gasteiger partial charge in [-0.15, -0.1) is 0 Å². The van der Waals surface area contributed by atoms with Gasteiger partial charge in [0.25, 0.3) is 0 Å². The fraction of sp³-hybridized carbons (Fsp3) is 0.208. The van der Waals surface area contributed by atoms with Crippen LogP contribution in [-0.4, -0.2) is 29.7 Å². The quantitative estimate of drug-likeness (QED) is 0.334. The Bertz CT molecular complexity index is 996. The van der Waals surface area contributed by atoms with Crippen molar-refractivity contribution in [1.29, 1.82) is 0 Å². The van der Waals surface area contributed by atoms with Crippen molar-refractivity contribution in [2.45, 2.75) is 24.8 Å². The van der Waals surface area contributed by atoms with Crippen molar-refractivity contribution in [3.63, 3.8) is 0 Å². The molecule has 0 saturated carbocycles. The molecule has 3 aromatic rings. The average molecular weight is 460 g/mol. The van der Waals surface area contributed by atoms with Gasteiger partial charge in [-0.05, 0) is 62.2 Å². The first-order chi connectivity index (χ1) is 15.4. The summed E-state index contributed by atoms with van der Waals surface area (Å²) in [6.07, 6.45) is -0.676. The van der Waals surface area contributed by atoms with Crippen LogP contribution in [0.3, 0.4) is 0 Å². The molecule has 0 fully saturated rings. The van der Waals surface area contributed by atoms with Crippen LogP contribution < -0.4 is 9.47 Å². The maximum absolute atomic E-state index is 13.3. The van der Waals surface area contributed by atoms with E-state index in [1.165, 1.54) is 16.3 Å². The van der Waals surface area contributed by atoms with E-state index in [9.17, 15) is 13.6 Å². The van der Waals surface area contributed by atoms with Crippen LogP contribution in [-0.2, 0) is 4.74 Å². The summed E-state index contributed by atoms with van der Waals surface area (Å²) in [5.41, 5.74) is 0. The number of carbonyl (C=O) groups is 1. The number of ether oxygens (including phenoxy) is 3. The van der Waals surface area contributed by atoms with Crippen LogP contribution in [0.25, 0.3) is 0 Å². The third-order valence-corrected chi connectivity index (χ3v) is 4.99. The molecule has 0 aromatic heterocycles. The van der Waals surface area contributed by atoms with Gasteiger partial charge in [-0.25, -0.2) is 17.9 Å². The Morgan fingerprint density at radius 2 is 1.53 bits per heavy atom. The van der Waals surface area contributed by atoms with Crippen molar-refractivity contribution in [3.05, 3.63) is 84.4 Å². The lowest BCUT2D eigenvalue weighted by Crippen LogP contribution is -2.31. The molecule has 3 rings (SSSR count). The van der Waals surface area contributed by atoms with E-state index in [4.69, 9.17) is 14.2 Å². The van der Waals surface area contributed by atoms with Crippen LogP contribution in [0.5, 0.6) is 17.2 Å². The Kier molecular flexibility index (Phi) is 8.33. The first kappa shape index (κ1) is 23.4. The first-order valence-electron chi connectivity index (χ1n) is 9.97. The molecule has 0 aliphatic rings. The van der Waals surface area contributed by atoms with Crippen LogP contribution in [0.1, 0.15) is 13.8 Å². The molecule has 168 valence electrons. The molecule has 0 aliphatic heterocycles. The normalized spacial score (nSPS) is 10.7. The van der Waals surface area contributed by atoms with Gasteiger partial charge in [0, 0.05) is 23.1 Å². The van der Waals surface area contributed by atoms with E-state index < -0.39 is 17.7 Å². The van der Waals surface area contributed by atoms with E-state index in [2.05, 4.69) is 0 Å². The minimum absolute atomic E-state index is 0.0633. The van der Waals surface area contributed by atoms with E-state index in [0.717, 1.165) is 23.1 Å². The largest absolute Gasteiger partial charge is 0.492 e. The molecule has 0 aliphatic carbocycles. The van der Waals surface area contributed by atoms with Gasteiger partial charge in [-0.1, -0.05) is 18.2 Å². The summed E-state index contributed by atoms with van der Waals surface area (Å²) in [6, 6.07) is 19.1. The summed E-state index contributed by atoms with van der Waals surface area (Å²) >= 11 is 1.28. The molecule has 0 N–H and O–H groups in total. The number of amides is 1. The lowest BCUT2D eigenvalue weighted by molar-refractivity contribution is 0.0961. The Balaban J connectivity index is 1.55. The van der Waals surface area contributed by atoms with Crippen molar-refractivity contribution >= 4 is 18.0 Å². The highest BCUT2D eigenvalue weighted by Gasteiger charge is 2.18. The van der Waals surface area contributed by atoms with Crippen molar-refractivity contribution < 1.29 is 27.8 Å². The number of benzene rings is 3. The zero-order valence-electron chi connectivity index (χ0n) is 17.7. The lowest BCUT2D eigenvalue weighted by Gasteiger charge is -2.22. The molecule has 0 atom stereocenters. The fourth-order valence-corrected chi connectivity index (χ4v) is 3.43. The molecule has 0 saturated heterocycles. The van der Waals surface area contributed by atoms with Gasteiger partial charge in [0.05, 0.1) is 12.6 Å². The van der Waals surface area contributed by atoms with Crippen LogP contribution in [0.15, 0.2) is 77.7 Å². The summed E-state index contributed by atoms with van der Waals surface area (Å²) in [4.78, 5) is 13.3. The predicted molar refractivity (Wildman–Crippen MR) is 119 cm³/mol. The standard InChI is InChI=1S/C24H23F2NO4S/c1-17(2)30-24(28)27(32-23-6-4-3-5-7-23)12-13-29-20-8-10-21(11-9-20)31-22-15-18(25)14-19(26)16-22/h3-11,14-17H,12-13H2,1-2H3. The molecule has 32 heavy (non-hydrogen) atoms. The second kappa shape index (κ2) is 11.4. The van der Waals surface area contributed by atoms with Gasteiger partial charge < -0.3 is 14.2 Å². The van der Waals surface area contributed by atoms with Gasteiger partial charge in [-0.2, -0.15) is 0 Å². The second-order valence-corrected chi connectivity index (χ2v) is 8.06. The molecule has 8 heteroatoms. The third kappa shape index (κ3) is 7.46. The molecule has 0 heterocycles. The predicted octanol–water partition coefficient (Wildman–Crippen LogP) is 6.69. The molecule has 0 unspecified atom stereocenters. The topological polar surface area (TPSA) is 48.0 Å². The first-order valence-corrected chi connectivity index (χ1v) is 10.7. The summed E-state index contributed by atoms with van der Waals surface area (Å²) in [6.45, 7) is 4.12. The van der Waals surface area contributed by atoms with Crippen molar-refractivity contribution in [2.24, 2.45) is 0 Å². The number of halogens is 2. The Hall–Kier alpha value is -3.26. The molecule has 0 spiro atoms. The number of nitrogens with zero attached hydrogens (tertiary/aromatic N) is 1. The molecule has 5 nitrogen and oxygen atoms in total. The molecule has 0 radical (unpaired) electrons. The van der Waals surface area contributed by atoms with Crippen molar-refractivity contribution in [2.75, 3.05) is 13.2 Å². The van der Waals surface area contributed by atoms with E-state index in [-0.39, 0.29) is 18.5 Å². The van der Waals surface area contributed by atoms with E-state index in [1.54, 1.807) is 38.1 Å². The van der Waals surface area contributed by atoms with Crippen LogP contribution in [0.4, 0.5) is 13.6 Å². The maximum atomic E-state index is 13.3. The van der Waals surface area contributed by atoms with Crippen LogP contribution >= 0.6 is 11.9 Å². The van der Waals surface area contributed by atoms with E-state index >= 15 is 0 Å². The Labute approximate surface area is 190 Å². The lowest BCUT2D eigenvalue weighted by atomic mass is 10.3. The summed E-state index contributed by atoms with van der Waals surface area (Å²) in [5, 5.41) is 0. The Morgan fingerprint density at radius 1 is 0.906 bits per heavy atom. The van der Waals surface area contributed by atoms with Gasteiger partial charge in [0.2, 0.25) is 0 Å². The fourth-order valence-electron chi connectivity index (χ4n) is 2.62. The Morgan fingerprint density at radius 3 is 2.16 bits per heavy atom. The van der Waals surface area contributed by atoms with Gasteiger partial charge >= 0.3 is 6.09 Å². The monoisotopic (exact) mass is 459 g/mol. The molecule has 1 amide bonds. The summed E-state index contributed by atoms with van der Waals surface area (Å²) in [7, 11) is 0. The van der Waals surface area contributed by atoms with Crippen LogP contribution in [0, 0.1) is 11.6 Å². The van der Waals surface area contributed by atoms with Crippen molar-refractivity contribution in [3.8, 4) is 17.2 Å². The molecule has 0 bridgehead atoms. The van der Waals surface area contributed by atoms with E-state index in [1.807, 2.05) is 30.3 Å². The second-order valence-electron chi connectivity index (χ2n) is 6.97. The third-order valence-electron chi connectivity index (χ3n) is 3.96. The average Bonchev–Trinajstić information content (AvgIpc) is 2.74. The maximum Gasteiger partial charge on any atom is 0.420 e. The van der Waals surface area contributed by atoms with E-state index in [0.29, 0.717) is 18.0 Å².